The fourth-order valence-electron chi connectivity index (χ4n) is 3.00. The van der Waals surface area contributed by atoms with E-state index in [4.69, 9.17) is 24.4 Å². The summed E-state index contributed by atoms with van der Waals surface area (Å²) in [6.45, 7) is 0. The van der Waals surface area contributed by atoms with Crippen LogP contribution in [-0.2, 0) is 0 Å². The maximum absolute atomic E-state index is 5.41. The van der Waals surface area contributed by atoms with Gasteiger partial charge in [-0.15, -0.1) is 0 Å². The molecule has 3 heteroatoms. The first-order valence-electron chi connectivity index (χ1n) is 6.26. The maximum Gasteiger partial charge on any atom is 0.112 e. The molecule has 0 spiro atoms. The molecule has 0 unspecified atom stereocenters. The number of thiocarbonyl (C=S) groups is 2. The normalized spacial score (nSPS) is 20.2. The quantitative estimate of drug-likeness (QED) is 0.774. The smallest absolute Gasteiger partial charge is 0.112 e. The van der Waals surface area contributed by atoms with Gasteiger partial charge >= 0.3 is 0 Å². The molecular formula is C14H15NS2. The van der Waals surface area contributed by atoms with Crippen LogP contribution >= 0.6 is 24.4 Å². The second kappa shape index (κ2) is 4.46. The van der Waals surface area contributed by atoms with E-state index in [0.717, 1.165) is 15.5 Å². The Morgan fingerprint density at radius 3 is 2.53 bits per heavy atom. The van der Waals surface area contributed by atoms with Crippen molar-refractivity contribution in [1.29, 1.82) is 0 Å². The Labute approximate surface area is 113 Å². The van der Waals surface area contributed by atoms with Gasteiger partial charge in [0.25, 0.3) is 0 Å². The fraction of sp³-hybridized carbons (Fsp3) is 0.429. The number of hydrogen-bond acceptors (Lipinski definition) is 2. The summed E-state index contributed by atoms with van der Waals surface area (Å²) in [7, 11) is 0. The van der Waals surface area contributed by atoms with E-state index in [9.17, 15) is 0 Å². The van der Waals surface area contributed by atoms with E-state index in [-0.39, 0.29) is 0 Å². The lowest BCUT2D eigenvalue weighted by atomic mass is 9.81. The summed E-state index contributed by atoms with van der Waals surface area (Å²) in [6.07, 6.45) is 6.67. The third-order valence-corrected chi connectivity index (χ3v) is 4.47. The van der Waals surface area contributed by atoms with E-state index in [0.29, 0.717) is 5.92 Å². The van der Waals surface area contributed by atoms with Gasteiger partial charge < -0.3 is 5.32 Å². The van der Waals surface area contributed by atoms with Crippen LogP contribution in [0.2, 0.25) is 0 Å². The van der Waals surface area contributed by atoms with Crippen molar-refractivity contribution in [1.82, 2.24) is 5.32 Å². The second-order valence-corrected chi connectivity index (χ2v) is 5.70. The first-order valence-corrected chi connectivity index (χ1v) is 7.07. The molecule has 0 aromatic heterocycles. The molecule has 1 aliphatic carbocycles. The fourth-order valence-corrected chi connectivity index (χ4v) is 3.67. The number of hydrogen-bond donors (Lipinski definition) is 1. The number of nitrogens with one attached hydrogen (secondary N) is 1. The van der Waals surface area contributed by atoms with E-state index in [2.05, 4.69) is 23.5 Å². The molecule has 1 aliphatic heterocycles. The summed E-state index contributed by atoms with van der Waals surface area (Å²) in [5, 5.41) is 3.12. The van der Waals surface area contributed by atoms with Crippen molar-refractivity contribution in [2.24, 2.45) is 0 Å². The molecule has 2 aliphatic rings. The Bertz CT molecular complexity index is 487. The van der Waals surface area contributed by atoms with Crippen LogP contribution in [0, 0.1) is 0 Å². The molecule has 1 nitrogen and oxygen atoms in total. The van der Waals surface area contributed by atoms with E-state index in [1.807, 2.05) is 0 Å². The molecule has 1 aromatic rings. The predicted molar refractivity (Wildman–Crippen MR) is 78.8 cm³/mol. The maximum atomic E-state index is 5.41. The highest BCUT2D eigenvalue weighted by atomic mass is 32.1. The van der Waals surface area contributed by atoms with Crippen LogP contribution in [0.1, 0.15) is 54.7 Å². The first-order chi connectivity index (χ1) is 8.27. The molecular weight excluding hydrogens is 246 g/mol. The zero-order valence-electron chi connectivity index (χ0n) is 9.66. The van der Waals surface area contributed by atoms with Gasteiger partial charge in [-0.1, -0.05) is 61.9 Å². The van der Waals surface area contributed by atoms with Crippen molar-refractivity contribution in [2.75, 3.05) is 0 Å². The monoisotopic (exact) mass is 261 g/mol. The predicted octanol–water partition coefficient (Wildman–Crippen LogP) is 3.69. The molecule has 1 saturated carbocycles. The third-order valence-electron chi connectivity index (χ3n) is 3.84. The van der Waals surface area contributed by atoms with Crippen LogP contribution in [0.5, 0.6) is 0 Å². The van der Waals surface area contributed by atoms with Gasteiger partial charge in [0.15, 0.2) is 0 Å². The molecule has 0 bridgehead atoms. The van der Waals surface area contributed by atoms with Crippen LogP contribution in [0.15, 0.2) is 18.2 Å². The summed E-state index contributed by atoms with van der Waals surface area (Å²) < 4.78 is 0. The molecule has 1 heterocycles. The molecule has 0 amide bonds. The average molecular weight is 261 g/mol. The van der Waals surface area contributed by atoms with Gasteiger partial charge in [-0.2, -0.15) is 0 Å². The minimum atomic E-state index is 0.680. The van der Waals surface area contributed by atoms with E-state index >= 15 is 0 Å². The van der Waals surface area contributed by atoms with Gasteiger partial charge in [-0.3, -0.25) is 0 Å². The highest BCUT2D eigenvalue weighted by Crippen LogP contribution is 2.36. The van der Waals surface area contributed by atoms with Crippen molar-refractivity contribution in [3.05, 3.63) is 34.9 Å². The van der Waals surface area contributed by atoms with Crippen LogP contribution in [0.4, 0.5) is 0 Å². The lowest BCUT2D eigenvalue weighted by molar-refractivity contribution is 0.443. The van der Waals surface area contributed by atoms with E-state index in [1.165, 1.54) is 43.2 Å². The highest BCUT2D eigenvalue weighted by Gasteiger charge is 2.27. The third kappa shape index (κ3) is 1.91. The summed E-state index contributed by atoms with van der Waals surface area (Å²) in [6, 6.07) is 6.43. The van der Waals surface area contributed by atoms with Gasteiger partial charge in [0.05, 0.1) is 0 Å². The Kier molecular flexibility index (Phi) is 2.97. The zero-order valence-corrected chi connectivity index (χ0v) is 11.3. The zero-order chi connectivity index (χ0) is 11.8. The number of rotatable bonds is 1. The van der Waals surface area contributed by atoms with Crippen LogP contribution in [-0.4, -0.2) is 9.98 Å². The lowest BCUT2D eigenvalue weighted by Crippen LogP contribution is -2.19. The van der Waals surface area contributed by atoms with Crippen molar-refractivity contribution < 1.29 is 0 Å². The highest BCUT2D eigenvalue weighted by molar-refractivity contribution is 7.82. The standard InChI is InChI=1S/C14H15NS2/c16-13-11-8-4-7-10(12(11)14(17)15-13)9-5-2-1-3-6-9/h4,7-9H,1-3,5-6H2,(H,15,16,17). The van der Waals surface area contributed by atoms with Crippen LogP contribution in [0.25, 0.3) is 0 Å². The largest absolute Gasteiger partial charge is 0.337 e. The van der Waals surface area contributed by atoms with Gasteiger partial charge in [0, 0.05) is 11.1 Å². The molecule has 0 atom stereocenters. The molecule has 3 rings (SSSR count). The van der Waals surface area contributed by atoms with Crippen LogP contribution < -0.4 is 5.32 Å². The SMILES string of the molecule is S=C1NC(=S)c2c1cccc2C1CCCCC1. The van der Waals surface area contributed by atoms with Crippen molar-refractivity contribution >= 4 is 34.4 Å². The molecule has 0 radical (unpaired) electrons. The van der Waals surface area contributed by atoms with Crippen molar-refractivity contribution in [3.8, 4) is 0 Å². The minimum Gasteiger partial charge on any atom is -0.337 e. The van der Waals surface area contributed by atoms with Gasteiger partial charge in [-0.05, 0) is 24.3 Å². The summed E-state index contributed by atoms with van der Waals surface area (Å²) in [4.78, 5) is 1.62. The minimum absolute atomic E-state index is 0.680. The Balaban J connectivity index is 2.06. The van der Waals surface area contributed by atoms with Crippen LogP contribution in [0.3, 0.4) is 0 Å². The Morgan fingerprint density at radius 2 is 1.76 bits per heavy atom. The molecule has 0 saturated heterocycles. The van der Waals surface area contributed by atoms with Gasteiger partial charge in [0.1, 0.15) is 9.98 Å². The average Bonchev–Trinajstić information content (AvgIpc) is 2.66. The molecule has 1 aromatic carbocycles. The summed E-state index contributed by atoms with van der Waals surface area (Å²) in [5.41, 5.74) is 3.76. The number of benzene rings is 1. The molecule has 1 N–H and O–H groups in total. The van der Waals surface area contributed by atoms with Crippen molar-refractivity contribution in [3.63, 3.8) is 0 Å². The van der Waals surface area contributed by atoms with Gasteiger partial charge in [-0.25, -0.2) is 0 Å². The van der Waals surface area contributed by atoms with Gasteiger partial charge in [0.2, 0.25) is 0 Å². The summed E-state index contributed by atoms with van der Waals surface area (Å²) in [5.74, 6) is 0.680. The second-order valence-electron chi connectivity index (χ2n) is 4.89. The molecule has 88 valence electrons. The molecule has 17 heavy (non-hydrogen) atoms. The first kappa shape index (κ1) is 11.3. The van der Waals surface area contributed by atoms with E-state index < -0.39 is 0 Å². The topological polar surface area (TPSA) is 12.0 Å². The van der Waals surface area contributed by atoms with E-state index in [1.54, 1.807) is 0 Å². The molecule has 1 fully saturated rings. The number of fused-ring (bicyclic) bond motifs is 1. The summed E-state index contributed by atoms with van der Waals surface area (Å²) >= 11 is 10.7. The Hall–Kier alpha value is -0.800. The van der Waals surface area contributed by atoms with Crippen molar-refractivity contribution in [2.45, 2.75) is 38.0 Å². The Morgan fingerprint density at radius 1 is 1.00 bits per heavy atom. The lowest BCUT2D eigenvalue weighted by Gasteiger charge is -2.23.